The van der Waals surface area contributed by atoms with Crippen molar-refractivity contribution < 1.29 is 14.0 Å². The third-order valence-electron chi connectivity index (χ3n) is 5.73. The number of hydrogen-bond donors (Lipinski definition) is 2. The van der Waals surface area contributed by atoms with E-state index in [0.717, 1.165) is 67.3 Å². The average molecular weight is 473 g/mol. The molecule has 0 unspecified atom stereocenters. The maximum absolute atomic E-state index is 12.7. The van der Waals surface area contributed by atoms with Gasteiger partial charge in [0.05, 0.1) is 24.1 Å². The van der Waals surface area contributed by atoms with E-state index in [9.17, 15) is 9.59 Å². The minimum atomic E-state index is -0.485. The Morgan fingerprint density at radius 1 is 1.22 bits per heavy atom. The van der Waals surface area contributed by atoms with Gasteiger partial charge in [0.25, 0.3) is 5.91 Å². The van der Waals surface area contributed by atoms with Crippen LogP contribution in [0.4, 0.5) is 10.9 Å². The molecule has 32 heavy (non-hydrogen) atoms. The Kier molecular flexibility index (Phi) is 5.92. The van der Waals surface area contributed by atoms with Crippen LogP contribution in [0.5, 0.6) is 0 Å². The number of nitrogens with zero attached hydrogens (tertiary/aromatic N) is 4. The highest BCUT2D eigenvalue weighted by Gasteiger charge is 2.27. The number of hydrogen-bond acceptors (Lipinski definition) is 8. The lowest BCUT2D eigenvalue weighted by Crippen LogP contribution is -2.23. The van der Waals surface area contributed by atoms with Gasteiger partial charge < -0.3 is 20.4 Å². The number of nitrogens with two attached hydrogens (primary N) is 1. The zero-order valence-electron chi connectivity index (χ0n) is 17.5. The molecule has 2 amide bonds. The minimum absolute atomic E-state index is 0.150. The predicted octanol–water partition coefficient (Wildman–Crippen LogP) is 2.90. The molecule has 0 bridgehead atoms. The first-order valence-corrected chi connectivity index (χ1v) is 12.5. The number of nitrogens with one attached hydrogen (secondary N) is 1. The van der Waals surface area contributed by atoms with Crippen molar-refractivity contribution in [2.75, 3.05) is 29.1 Å². The molecule has 9 nitrogen and oxygen atoms in total. The quantitative estimate of drug-likeness (QED) is 0.484. The largest absolute Gasteiger partial charge is 0.467 e. The number of aromatic nitrogens is 3. The Balaban J connectivity index is 1.30. The number of carbonyl (C=O) groups is 2. The van der Waals surface area contributed by atoms with Gasteiger partial charge in [0.2, 0.25) is 11.9 Å². The number of fused-ring (bicyclic) bond motifs is 1. The van der Waals surface area contributed by atoms with Crippen LogP contribution in [0.1, 0.15) is 45.8 Å². The van der Waals surface area contributed by atoms with Gasteiger partial charge in [-0.25, -0.2) is 0 Å². The molecule has 0 atom stereocenters. The molecular formula is C21H24N6O3S2. The fourth-order valence-corrected chi connectivity index (χ4v) is 6.33. The number of thioether (sulfide) groups is 1. The Hall–Kier alpha value is -2.79. The number of thiophene rings is 1. The van der Waals surface area contributed by atoms with E-state index in [1.807, 2.05) is 16.7 Å². The van der Waals surface area contributed by atoms with Crippen LogP contribution in [0.3, 0.4) is 0 Å². The van der Waals surface area contributed by atoms with Crippen LogP contribution in [-0.4, -0.2) is 45.4 Å². The van der Waals surface area contributed by atoms with E-state index in [1.54, 1.807) is 6.26 Å². The fraction of sp³-hybridized carbons (Fsp3) is 0.429. The van der Waals surface area contributed by atoms with Crippen molar-refractivity contribution in [3.05, 3.63) is 40.2 Å². The molecule has 1 saturated heterocycles. The Morgan fingerprint density at radius 3 is 2.81 bits per heavy atom. The van der Waals surface area contributed by atoms with Gasteiger partial charge in [0.15, 0.2) is 5.16 Å². The molecule has 168 valence electrons. The highest BCUT2D eigenvalue weighted by molar-refractivity contribution is 7.99. The van der Waals surface area contributed by atoms with Gasteiger partial charge in [-0.1, -0.05) is 11.8 Å². The summed E-state index contributed by atoms with van der Waals surface area (Å²) in [6.07, 6.45) is 6.70. The Bertz CT molecular complexity index is 1130. The number of carbonyl (C=O) groups excluding carboxylic acids is 2. The van der Waals surface area contributed by atoms with Crippen LogP contribution in [0.25, 0.3) is 0 Å². The van der Waals surface area contributed by atoms with Gasteiger partial charge in [0.1, 0.15) is 10.8 Å². The van der Waals surface area contributed by atoms with E-state index < -0.39 is 5.91 Å². The molecule has 1 aliphatic heterocycles. The molecule has 11 heteroatoms. The Labute approximate surface area is 193 Å². The van der Waals surface area contributed by atoms with Crippen molar-refractivity contribution in [1.82, 2.24) is 14.8 Å². The van der Waals surface area contributed by atoms with E-state index in [2.05, 4.69) is 20.4 Å². The number of rotatable bonds is 8. The number of aryl methyl sites for hydroxylation is 1. The summed E-state index contributed by atoms with van der Waals surface area (Å²) in [5, 5.41) is 12.8. The van der Waals surface area contributed by atoms with E-state index in [4.69, 9.17) is 10.2 Å². The first-order chi connectivity index (χ1) is 15.6. The van der Waals surface area contributed by atoms with Crippen LogP contribution in [0.15, 0.2) is 28.0 Å². The van der Waals surface area contributed by atoms with Crippen LogP contribution in [-0.2, 0) is 24.2 Å². The van der Waals surface area contributed by atoms with Gasteiger partial charge in [0, 0.05) is 18.0 Å². The summed E-state index contributed by atoms with van der Waals surface area (Å²) in [4.78, 5) is 28.0. The van der Waals surface area contributed by atoms with Gasteiger partial charge in [-0.3, -0.25) is 14.2 Å². The number of furan rings is 1. The highest BCUT2D eigenvalue weighted by atomic mass is 32.2. The van der Waals surface area contributed by atoms with Crippen molar-refractivity contribution in [2.24, 2.45) is 5.73 Å². The van der Waals surface area contributed by atoms with E-state index in [0.29, 0.717) is 22.3 Å². The summed E-state index contributed by atoms with van der Waals surface area (Å²) in [7, 11) is 0. The summed E-state index contributed by atoms with van der Waals surface area (Å²) >= 11 is 2.78. The standard InChI is InChI=1S/C21H24N6O3S2/c22-18(29)17-14-6-3-7-15(14)32-19(17)23-16(28)12-31-21-25-24-20(26-8-1-2-9-26)27(21)11-13-5-4-10-30-13/h4-5,10H,1-3,6-9,11-12H2,(H2,22,29)(H,23,28). The van der Waals surface area contributed by atoms with E-state index in [-0.39, 0.29) is 11.7 Å². The maximum Gasteiger partial charge on any atom is 0.251 e. The minimum Gasteiger partial charge on any atom is -0.467 e. The maximum atomic E-state index is 12.7. The SMILES string of the molecule is NC(=O)c1c(NC(=O)CSc2nnc(N3CCCC3)n2Cc2ccco2)sc2c1CCC2. The molecule has 0 aromatic carbocycles. The van der Waals surface area contributed by atoms with Crippen molar-refractivity contribution in [1.29, 1.82) is 0 Å². The van der Waals surface area contributed by atoms with Crippen LogP contribution in [0.2, 0.25) is 0 Å². The molecule has 0 saturated carbocycles. The lowest BCUT2D eigenvalue weighted by Gasteiger charge is -2.17. The third kappa shape index (κ3) is 4.14. The van der Waals surface area contributed by atoms with Gasteiger partial charge >= 0.3 is 0 Å². The van der Waals surface area contributed by atoms with Crippen molar-refractivity contribution in [3.8, 4) is 0 Å². The van der Waals surface area contributed by atoms with Crippen molar-refractivity contribution in [2.45, 2.75) is 43.8 Å². The summed E-state index contributed by atoms with van der Waals surface area (Å²) in [5.74, 6) is 1.06. The summed E-state index contributed by atoms with van der Waals surface area (Å²) in [5.41, 5.74) is 7.07. The highest BCUT2D eigenvalue weighted by Crippen LogP contribution is 2.39. The molecule has 3 N–H and O–H groups in total. The molecule has 3 aromatic rings. The second-order valence-corrected chi connectivity index (χ2v) is 9.95. The van der Waals surface area contributed by atoms with Crippen molar-refractivity contribution >= 4 is 45.9 Å². The van der Waals surface area contributed by atoms with Gasteiger partial charge in [-0.2, -0.15) is 0 Å². The van der Waals surface area contributed by atoms with Gasteiger partial charge in [-0.15, -0.1) is 21.5 Å². The zero-order valence-corrected chi connectivity index (χ0v) is 19.1. The smallest absolute Gasteiger partial charge is 0.251 e. The van der Waals surface area contributed by atoms with E-state index >= 15 is 0 Å². The average Bonchev–Trinajstić information content (AvgIpc) is 3.55. The monoisotopic (exact) mass is 472 g/mol. The Morgan fingerprint density at radius 2 is 2.06 bits per heavy atom. The van der Waals surface area contributed by atoms with Crippen molar-refractivity contribution in [3.63, 3.8) is 0 Å². The molecule has 1 fully saturated rings. The summed E-state index contributed by atoms with van der Waals surface area (Å²) < 4.78 is 7.52. The lowest BCUT2D eigenvalue weighted by atomic mass is 10.1. The molecule has 5 rings (SSSR count). The topological polar surface area (TPSA) is 119 Å². The molecule has 2 aliphatic rings. The molecule has 0 spiro atoms. The zero-order chi connectivity index (χ0) is 22.1. The molecule has 1 aliphatic carbocycles. The van der Waals surface area contributed by atoms with Crippen LogP contribution in [0, 0.1) is 0 Å². The second kappa shape index (κ2) is 8.99. The molecule has 0 radical (unpaired) electrons. The lowest BCUT2D eigenvalue weighted by molar-refractivity contribution is -0.113. The molecule has 3 aromatic heterocycles. The molecular weight excluding hydrogens is 448 g/mol. The number of amides is 2. The number of anilines is 2. The first kappa shape index (κ1) is 21.1. The van der Waals surface area contributed by atoms with Crippen LogP contribution < -0.4 is 16.0 Å². The van der Waals surface area contributed by atoms with Gasteiger partial charge in [-0.05, 0) is 49.8 Å². The number of primary amides is 1. The predicted molar refractivity (Wildman–Crippen MR) is 123 cm³/mol. The first-order valence-electron chi connectivity index (χ1n) is 10.7. The fourth-order valence-electron chi connectivity index (χ4n) is 4.28. The third-order valence-corrected chi connectivity index (χ3v) is 7.91. The van der Waals surface area contributed by atoms with Crippen LogP contribution >= 0.6 is 23.1 Å². The summed E-state index contributed by atoms with van der Waals surface area (Å²) in [6.45, 7) is 2.39. The second-order valence-electron chi connectivity index (χ2n) is 7.90. The van der Waals surface area contributed by atoms with E-state index in [1.165, 1.54) is 23.1 Å². The normalized spacial score (nSPS) is 15.3. The summed E-state index contributed by atoms with van der Waals surface area (Å²) in [6, 6.07) is 3.76. The molecule has 4 heterocycles.